The first-order chi connectivity index (χ1) is 14.6. The molecular formula is C23H26N4O3. The molecule has 0 radical (unpaired) electrons. The van der Waals surface area contributed by atoms with Crippen molar-refractivity contribution in [3.05, 3.63) is 70.8 Å². The number of hydrogen-bond donors (Lipinski definition) is 1. The first-order valence-corrected chi connectivity index (χ1v) is 10.3. The minimum Gasteiger partial charge on any atom is -0.378 e. The van der Waals surface area contributed by atoms with Gasteiger partial charge in [0.1, 0.15) is 0 Å². The van der Waals surface area contributed by atoms with E-state index < -0.39 is 0 Å². The van der Waals surface area contributed by atoms with Crippen LogP contribution in [0.25, 0.3) is 10.9 Å². The lowest BCUT2D eigenvalue weighted by atomic mass is 10.1. The molecule has 7 heteroatoms. The number of benzene rings is 2. The van der Waals surface area contributed by atoms with Crippen LogP contribution < -0.4 is 15.8 Å². The Morgan fingerprint density at radius 3 is 2.63 bits per heavy atom. The second-order valence-electron chi connectivity index (χ2n) is 7.49. The summed E-state index contributed by atoms with van der Waals surface area (Å²) in [6, 6.07) is 15.4. The van der Waals surface area contributed by atoms with Gasteiger partial charge in [-0.05, 0) is 36.8 Å². The van der Waals surface area contributed by atoms with Gasteiger partial charge >= 0.3 is 0 Å². The Hall–Kier alpha value is -3.19. The van der Waals surface area contributed by atoms with Gasteiger partial charge in [0.25, 0.3) is 5.56 Å². The Bertz CT molecular complexity index is 1070. The van der Waals surface area contributed by atoms with Crippen LogP contribution in [0.5, 0.6) is 0 Å². The van der Waals surface area contributed by atoms with Crippen molar-refractivity contribution in [3.8, 4) is 0 Å². The zero-order valence-electron chi connectivity index (χ0n) is 17.1. The maximum Gasteiger partial charge on any atom is 0.261 e. The number of nitrogens with one attached hydrogen (secondary N) is 1. The van der Waals surface area contributed by atoms with Crippen LogP contribution in [0.3, 0.4) is 0 Å². The molecule has 2 aromatic carbocycles. The van der Waals surface area contributed by atoms with Crippen molar-refractivity contribution in [1.82, 2.24) is 14.9 Å². The van der Waals surface area contributed by atoms with Crippen molar-refractivity contribution in [3.63, 3.8) is 0 Å². The zero-order valence-corrected chi connectivity index (χ0v) is 17.1. The lowest BCUT2D eigenvalue weighted by Gasteiger charge is -2.29. The average Bonchev–Trinajstić information content (AvgIpc) is 2.79. The molecule has 1 amide bonds. The lowest BCUT2D eigenvalue weighted by Crippen LogP contribution is -2.36. The van der Waals surface area contributed by atoms with E-state index >= 15 is 0 Å². The summed E-state index contributed by atoms with van der Waals surface area (Å²) >= 11 is 0. The van der Waals surface area contributed by atoms with Gasteiger partial charge in [0.2, 0.25) is 5.91 Å². The number of anilines is 1. The normalized spacial score (nSPS) is 15.2. The number of aromatic nitrogens is 2. The Morgan fingerprint density at radius 2 is 1.87 bits per heavy atom. The predicted molar refractivity (Wildman–Crippen MR) is 117 cm³/mol. The number of ether oxygens (including phenoxy) is 1. The van der Waals surface area contributed by atoms with Gasteiger partial charge in [-0.15, -0.1) is 0 Å². The molecule has 1 aliphatic heterocycles. The molecule has 4 rings (SSSR count). The molecule has 3 aromatic rings. The van der Waals surface area contributed by atoms with Crippen LogP contribution in [0.15, 0.2) is 59.7 Å². The van der Waals surface area contributed by atoms with E-state index in [1.54, 1.807) is 12.1 Å². The van der Waals surface area contributed by atoms with Gasteiger partial charge in [-0.3, -0.25) is 14.2 Å². The smallest absolute Gasteiger partial charge is 0.261 e. The van der Waals surface area contributed by atoms with Crippen LogP contribution in [-0.4, -0.2) is 41.8 Å². The maximum atomic E-state index is 12.5. The third-order valence-electron chi connectivity index (χ3n) is 5.46. The minimum absolute atomic E-state index is 0.0974. The fraction of sp³-hybridized carbons (Fsp3) is 0.348. The number of fused-ring (bicyclic) bond motifs is 1. The molecule has 1 aliphatic rings. The molecule has 0 spiro atoms. The molecule has 1 fully saturated rings. The molecule has 1 N–H and O–H groups in total. The molecule has 156 valence electrons. The van der Waals surface area contributed by atoms with Crippen LogP contribution in [-0.2, 0) is 16.1 Å². The predicted octanol–water partition coefficient (Wildman–Crippen LogP) is 2.50. The molecule has 30 heavy (non-hydrogen) atoms. The highest BCUT2D eigenvalue weighted by molar-refractivity contribution is 5.77. The third kappa shape index (κ3) is 4.52. The fourth-order valence-corrected chi connectivity index (χ4v) is 3.68. The standard InChI is InChI=1S/C23H26N4O3/c1-17(18-6-8-19(9-7-18)26-12-14-30-15-13-26)25-22(28)10-11-27-16-24-21-5-3-2-4-20(21)23(27)29/h2-9,16-17H,10-15H2,1H3,(H,25,28)/t17-/m1/s1. The van der Waals surface area contributed by atoms with Crippen LogP contribution in [0.2, 0.25) is 0 Å². The number of aryl methyl sites for hydroxylation is 1. The van der Waals surface area contributed by atoms with E-state index in [2.05, 4.69) is 27.3 Å². The third-order valence-corrected chi connectivity index (χ3v) is 5.46. The summed E-state index contributed by atoms with van der Waals surface area (Å²) in [5, 5.41) is 3.58. The summed E-state index contributed by atoms with van der Waals surface area (Å²) in [5.74, 6) is -0.0974. The summed E-state index contributed by atoms with van der Waals surface area (Å²) in [4.78, 5) is 31.5. The van der Waals surface area contributed by atoms with E-state index in [1.165, 1.54) is 16.6 Å². The summed E-state index contributed by atoms with van der Waals surface area (Å²) in [6.45, 7) is 5.56. The lowest BCUT2D eigenvalue weighted by molar-refractivity contribution is -0.121. The monoisotopic (exact) mass is 406 g/mol. The molecule has 1 aromatic heterocycles. The second-order valence-corrected chi connectivity index (χ2v) is 7.49. The SMILES string of the molecule is C[C@@H](NC(=O)CCn1cnc2ccccc2c1=O)c1ccc(N2CCOCC2)cc1. The maximum absolute atomic E-state index is 12.5. The zero-order chi connectivity index (χ0) is 20.9. The van der Waals surface area contributed by atoms with Gasteiger partial charge in [-0.2, -0.15) is 0 Å². The summed E-state index contributed by atoms with van der Waals surface area (Å²) < 4.78 is 6.89. The Labute approximate surface area is 175 Å². The summed E-state index contributed by atoms with van der Waals surface area (Å²) in [5.41, 5.74) is 2.76. The van der Waals surface area contributed by atoms with Crippen LogP contribution >= 0.6 is 0 Å². The van der Waals surface area contributed by atoms with Crippen molar-refractivity contribution in [2.45, 2.75) is 25.9 Å². The molecule has 7 nitrogen and oxygen atoms in total. The fourth-order valence-electron chi connectivity index (χ4n) is 3.68. The summed E-state index contributed by atoms with van der Waals surface area (Å²) in [6.07, 6.45) is 1.72. The topological polar surface area (TPSA) is 76.5 Å². The van der Waals surface area contributed by atoms with Crippen molar-refractivity contribution >= 4 is 22.5 Å². The molecule has 2 heterocycles. The van der Waals surface area contributed by atoms with E-state index in [4.69, 9.17) is 4.74 Å². The minimum atomic E-state index is -0.125. The van der Waals surface area contributed by atoms with Crippen molar-refractivity contribution in [2.24, 2.45) is 0 Å². The molecular weight excluding hydrogens is 380 g/mol. The summed E-state index contributed by atoms with van der Waals surface area (Å²) in [7, 11) is 0. The molecule has 0 saturated carbocycles. The Morgan fingerprint density at radius 1 is 1.13 bits per heavy atom. The molecule has 0 bridgehead atoms. The van der Waals surface area contributed by atoms with Gasteiger partial charge < -0.3 is 15.0 Å². The number of hydrogen-bond acceptors (Lipinski definition) is 5. The Balaban J connectivity index is 1.33. The highest BCUT2D eigenvalue weighted by Gasteiger charge is 2.14. The highest BCUT2D eigenvalue weighted by atomic mass is 16.5. The quantitative estimate of drug-likeness (QED) is 0.681. The molecule has 0 aliphatic carbocycles. The highest BCUT2D eigenvalue weighted by Crippen LogP contribution is 2.20. The van der Waals surface area contributed by atoms with Crippen molar-refractivity contribution in [2.75, 3.05) is 31.2 Å². The molecule has 1 saturated heterocycles. The number of carbonyl (C=O) groups is 1. The van der Waals surface area contributed by atoms with Gasteiger partial charge in [-0.1, -0.05) is 24.3 Å². The average molecular weight is 406 g/mol. The first kappa shape index (κ1) is 20.1. The number of carbonyl (C=O) groups excluding carboxylic acids is 1. The molecule has 0 unspecified atom stereocenters. The first-order valence-electron chi connectivity index (χ1n) is 10.3. The van der Waals surface area contributed by atoms with E-state index in [0.717, 1.165) is 31.9 Å². The Kier molecular flexibility index (Phi) is 6.09. The van der Waals surface area contributed by atoms with E-state index in [1.807, 2.05) is 31.2 Å². The number of morpholine rings is 1. The van der Waals surface area contributed by atoms with Crippen molar-refractivity contribution in [1.29, 1.82) is 0 Å². The number of rotatable bonds is 6. The van der Waals surface area contributed by atoms with Gasteiger partial charge in [-0.25, -0.2) is 4.98 Å². The number of para-hydroxylation sites is 1. The van der Waals surface area contributed by atoms with E-state index in [9.17, 15) is 9.59 Å². The van der Waals surface area contributed by atoms with Gasteiger partial charge in [0, 0.05) is 31.7 Å². The van der Waals surface area contributed by atoms with E-state index in [0.29, 0.717) is 17.4 Å². The van der Waals surface area contributed by atoms with Crippen LogP contribution in [0.4, 0.5) is 5.69 Å². The van der Waals surface area contributed by atoms with Crippen molar-refractivity contribution < 1.29 is 9.53 Å². The number of nitrogens with zero attached hydrogens (tertiary/aromatic N) is 3. The molecule has 1 atom stereocenters. The van der Waals surface area contributed by atoms with E-state index in [-0.39, 0.29) is 23.9 Å². The van der Waals surface area contributed by atoms with Gasteiger partial charge in [0.05, 0.1) is 36.5 Å². The largest absolute Gasteiger partial charge is 0.378 e. The number of amides is 1. The van der Waals surface area contributed by atoms with Crippen LogP contribution in [0.1, 0.15) is 24.9 Å². The van der Waals surface area contributed by atoms with Gasteiger partial charge in [0.15, 0.2) is 0 Å². The second kappa shape index (κ2) is 9.09. The van der Waals surface area contributed by atoms with Crippen LogP contribution in [0, 0.1) is 0 Å².